The van der Waals surface area contributed by atoms with Crippen LogP contribution in [-0.4, -0.2) is 83.7 Å². The Morgan fingerprint density at radius 2 is 1.81 bits per heavy atom. The van der Waals surface area contributed by atoms with Crippen LogP contribution in [0.1, 0.15) is 53.8 Å². The molecule has 5 rings (SSSR count). The van der Waals surface area contributed by atoms with E-state index in [9.17, 15) is 32.9 Å². The molecule has 0 amide bonds. The fourth-order valence-electron chi connectivity index (χ4n) is 6.36. The Hall–Kier alpha value is -2.58. The highest BCUT2D eigenvalue weighted by Crippen LogP contribution is 2.61. The van der Waals surface area contributed by atoms with Crippen molar-refractivity contribution < 1.29 is 37.6 Å². The average molecular weight is 613 g/mol. The molecule has 2 aromatic heterocycles. The van der Waals surface area contributed by atoms with E-state index in [4.69, 9.17) is 4.74 Å². The highest BCUT2D eigenvalue weighted by Gasteiger charge is 2.54. The van der Waals surface area contributed by atoms with Gasteiger partial charge in [-0.1, -0.05) is 17.3 Å². The molecule has 0 spiro atoms. The van der Waals surface area contributed by atoms with Gasteiger partial charge >= 0.3 is 0 Å². The molecule has 8 nitrogen and oxygen atoms in total. The van der Waals surface area contributed by atoms with Gasteiger partial charge in [-0.2, -0.15) is 0 Å². The first-order chi connectivity index (χ1) is 19.9. The summed E-state index contributed by atoms with van der Waals surface area (Å²) in [6, 6.07) is 5.56. The lowest BCUT2D eigenvalue weighted by molar-refractivity contribution is -0.105. The van der Waals surface area contributed by atoms with Crippen molar-refractivity contribution in [3.63, 3.8) is 0 Å². The summed E-state index contributed by atoms with van der Waals surface area (Å²) in [6.45, 7) is 2.83. The van der Waals surface area contributed by atoms with Gasteiger partial charge in [-0.05, 0) is 49.9 Å². The topological polar surface area (TPSA) is 114 Å². The second kappa shape index (κ2) is 11.8. The van der Waals surface area contributed by atoms with Crippen LogP contribution in [0.5, 0.6) is 0 Å². The van der Waals surface area contributed by atoms with Gasteiger partial charge in [0, 0.05) is 42.7 Å². The number of hydrogen-bond acceptors (Lipinski definition) is 7. The fraction of sp³-hybridized carbons (Fsp3) is 0.552. The van der Waals surface area contributed by atoms with Crippen molar-refractivity contribution in [3.05, 3.63) is 65.1 Å². The van der Waals surface area contributed by atoms with Crippen LogP contribution in [0.25, 0.3) is 11.3 Å². The molecule has 6 atom stereocenters. The average Bonchev–Trinajstić information content (AvgIpc) is 3.44. The van der Waals surface area contributed by atoms with E-state index in [1.807, 2.05) is 13.0 Å². The van der Waals surface area contributed by atoms with E-state index in [2.05, 4.69) is 15.3 Å². The number of alkyl halides is 2. The molecule has 42 heavy (non-hydrogen) atoms. The Bertz CT molecular complexity index is 1420. The third-order valence-corrected chi connectivity index (χ3v) is 12.3. The predicted molar refractivity (Wildman–Crippen MR) is 151 cm³/mol. The van der Waals surface area contributed by atoms with Crippen LogP contribution in [0, 0.1) is 25.5 Å². The van der Waals surface area contributed by atoms with Crippen molar-refractivity contribution >= 4 is 10.9 Å². The predicted octanol–water partition coefficient (Wildman–Crippen LogP) is 4.21. The van der Waals surface area contributed by atoms with Crippen LogP contribution in [0.4, 0.5) is 17.6 Å². The minimum Gasteiger partial charge on any atom is -0.395 e. The number of methoxy groups -OCH3 is 1. The van der Waals surface area contributed by atoms with Crippen LogP contribution in [0.2, 0.25) is 0 Å². The summed E-state index contributed by atoms with van der Waals surface area (Å²) in [4.78, 5) is 4.56. The third-order valence-electron chi connectivity index (χ3n) is 8.80. The van der Waals surface area contributed by atoms with Crippen LogP contribution in [-0.2, 0) is 4.74 Å². The standard InChI is InChI=1S/C29H36F4N4O4S/c1-16-6-7-18(23(31)22(16)30)19-13-37(36-35-19)25-20(41-3)15-42(21(14-38)26(25)39)27(24-17(2)5-4-12-34-24)28(40)8-10-29(32,33)11-9-28/h4-7,12-13,20-21,25-27,38-40,42H,8-11,14-15H2,1-3H3/t20-,21+,25+,26-,27+/m0/s1. The maximum Gasteiger partial charge on any atom is 0.248 e. The number of thiol groups is 1. The van der Waals surface area contributed by atoms with Gasteiger partial charge in [-0.25, -0.2) is 33.1 Å². The number of benzene rings is 1. The van der Waals surface area contributed by atoms with E-state index in [1.54, 1.807) is 12.3 Å². The number of aryl methyl sites for hydroxylation is 2. The first-order valence-corrected chi connectivity index (χ1v) is 15.5. The zero-order valence-electron chi connectivity index (χ0n) is 23.6. The molecule has 2 aliphatic rings. The minimum absolute atomic E-state index is 0.0567. The molecule has 1 aliphatic heterocycles. The molecule has 3 N–H and O–H groups in total. The molecule has 0 radical (unpaired) electrons. The number of ether oxygens (including phenoxy) is 1. The molecule has 1 saturated heterocycles. The molecule has 1 aromatic carbocycles. The number of aromatic nitrogens is 4. The van der Waals surface area contributed by atoms with Crippen molar-refractivity contribution in [3.8, 4) is 11.3 Å². The second-order valence-corrected chi connectivity index (χ2v) is 14.0. The van der Waals surface area contributed by atoms with Crippen molar-refractivity contribution in [2.45, 2.75) is 79.8 Å². The summed E-state index contributed by atoms with van der Waals surface area (Å²) in [5, 5.41) is 41.0. The number of nitrogens with zero attached hydrogens (tertiary/aromatic N) is 4. The first kappa shape index (κ1) is 30.9. The Labute approximate surface area is 244 Å². The van der Waals surface area contributed by atoms with Gasteiger partial charge in [0.2, 0.25) is 5.92 Å². The van der Waals surface area contributed by atoms with E-state index in [0.717, 1.165) is 5.56 Å². The molecule has 13 heteroatoms. The van der Waals surface area contributed by atoms with Crippen molar-refractivity contribution in [1.29, 1.82) is 0 Å². The quantitative estimate of drug-likeness (QED) is 0.234. The number of rotatable bonds is 7. The summed E-state index contributed by atoms with van der Waals surface area (Å²) < 4.78 is 64.5. The molecule has 3 heterocycles. The molecular weight excluding hydrogens is 576 g/mol. The van der Waals surface area contributed by atoms with Crippen molar-refractivity contribution in [2.75, 3.05) is 19.5 Å². The first-order valence-electron chi connectivity index (χ1n) is 13.9. The van der Waals surface area contributed by atoms with E-state index >= 15 is 0 Å². The van der Waals surface area contributed by atoms with Crippen molar-refractivity contribution in [1.82, 2.24) is 20.0 Å². The van der Waals surface area contributed by atoms with Gasteiger partial charge in [-0.15, -0.1) is 5.10 Å². The van der Waals surface area contributed by atoms with Gasteiger partial charge in [0.1, 0.15) is 11.7 Å². The van der Waals surface area contributed by atoms with Gasteiger partial charge in [0.05, 0.1) is 41.6 Å². The largest absolute Gasteiger partial charge is 0.395 e. The van der Waals surface area contributed by atoms with E-state index < -0.39 is 82.3 Å². The third kappa shape index (κ3) is 5.57. The summed E-state index contributed by atoms with van der Waals surface area (Å²) in [5.41, 5.74) is -0.0987. The molecule has 2 fully saturated rings. The zero-order chi connectivity index (χ0) is 30.4. The Morgan fingerprint density at radius 3 is 2.45 bits per heavy atom. The molecule has 230 valence electrons. The van der Waals surface area contributed by atoms with Crippen LogP contribution in [0.15, 0.2) is 36.7 Å². The number of halogens is 4. The van der Waals surface area contributed by atoms with Gasteiger partial charge in [0.25, 0.3) is 0 Å². The number of hydrogen-bond donors (Lipinski definition) is 4. The van der Waals surface area contributed by atoms with Gasteiger partial charge < -0.3 is 20.1 Å². The summed E-state index contributed by atoms with van der Waals surface area (Å²) in [5.74, 6) is -4.65. The summed E-state index contributed by atoms with van der Waals surface area (Å²) >= 11 is 0. The lowest BCUT2D eigenvalue weighted by atomic mass is 9.79. The Morgan fingerprint density at radius 1 is 1.10 bits per heavy atom. The second-order valence-electron chi connectivity index (χ2n) is 11.4. The fourth-order valence-corrected chi connectivity index (χ4v) is 10.2. The highest BCUT2D eigenvalue weighted by molar-refractivity contribution is 8.18. The monoisotopic (exact) mass is 612 g/mol. The number of pyridine rings is 1. The molecule has 1 unspecified atom stereocenters. The van der Waals surface area contributed by atoms with Crippen LogP contribution < -0.4 is 0 Å². The molecule has 0 bridgehead atoms. The lowest BCUT2D eigenvalue weighted by Gasteiger charge is -2.53. The highest BCUT2D eigenvalue weighted by atomic mass is 32.2. The van der Waals surface area contributed by atoms with E-state index in [0.29, 0.717) is 5.69 Å². The Balaban J connectivity index is 1.52. The van der Waals surface area contributed by atoms with E-state index in [-0.39, 0.29) is 35.4 Å². The number of aliphatic hydroxyl groups is 3. The Kier molecular flexibility index (Phi) is 8.70. The summed E-state index contributed by atoms with van der Waals surface area (Å²) in [6.07, 6.45) is -0.227. The lowest BCUT2D eigenvalue weighted by Crippen LogP contribution is -2.54. The molecule has 3 aromatic rings. The SMILES string of the molecule is CO[C@H]1C[SH]([C@H](c2ncccc2C)C2(O)CCC(F)(F)CC2)[C@H](CO)[C@H](O)[C@@H]1n1cc(-c2ccc(C)c(F)c2F)nn1. The van der Waals surface area contributed by atoms with E-state index in [1.165, 1.54) is 37.0 Å². The number of aliphatic hydroxyl groups excluding tert-OH is 2. The molecule has 1 aliphatic carbocycles. The maximum absolute atomic E-state index is 14.7. The minimum atomic E-state index is -2.88. The maximum atomic E-state index is 14.7. The van der Waals surface area contributed by atoms with Crippen molar-refractivity contribution in [2.24, 2.45) is 0 Å². The van der Waals surface area contributed by atoms with Gasteiger partial charge in [-0.3, -0.25) is 4.98 Å². The molecule has 1 saturated carbocycles. The normalized spacial score (nSPS) is 28.9. The zero-order valence-corrected chi connectivity index (χ0v) is 24.5. The van der Waals surface area contributed by atoms with Crippen LogP contribution in [0.3, 0.4) is 0 Å². The molecular formula is C29H36F4N4O4S. The summed E-state index contributed by atoms with van der Waals surface area (Å²) in [7, 11) is -0.0394. The van der Waals surface area contributed by atoms with Crippen LogP contribution >= 0.6 is 10.9 Å². The smallest absolute Gasteiger partial charge is 0.248 e. The van der Waals surface area contributed by atoms with Gasteiger partial charge in [0.15, 0.2) is 11.6 Å².